The fourth-order valence-electron chi connectivity index (χ4n) is 3.39. The van der Waals surface area contributed by atoms with Gasteiger partial charge in [-0.05, 0) is 29.8 Å². The van der Waals surface area contributed by atoms with Gasteiger partial charge >= 0.3 is 0 Å². The number of amides is 2. The van der Waals surface area contributed by atoms with Gasteiger partial charge in [-0.2, -0.15) is 0 Å². The molecule has 1 heterocycles. The minimum Gasteiger partial charge on any atom is -0.464 e. The van der Waals surface area contributed by atoms with Crippen LogP contribution in [-0.4, -0.2) is 40.6 Å². The van der Waals surface area contributed by atoms with Crippen LogP contribution in [0.5, 0.6) is 0 Å². The number of carbonyl (C=O) groups excluding carboxylic acids is 2. The third-order valence-corrected chi connectivity index (χ3v) is 5.28. The monoisotopic (exact) mass is 470 g/mol. The number of alkyl halides is 1. The number of benzene rings is 2. The molecule has 33 heavy (non-hydrogen) atoms. The van der Waals surface area contributed by atoms with Crippen molar-refractivity contribution >= 4 is 34.4 Å². The Balaban J connectivity index is 1.90. The molecule has 2 aromatic carbocycles. The van der Waals surface area contributed by atoms with E-state index in [0.717, 1.165) is 0 Å². The molecule has 6 nitrogen and oxygen atoms in total. The van der Waals surface area contributed by atoms with Gasteiger partial charge in [-0.1, -0.05) is 30.3 Å². The van der Waals surface area contributed by atoms with E-state index in [0.29, 0.717) is 22.1 Å². The Kier molecular flexibility index (Phi) is 8.38. The summed E-state index contributed by atoms with van der Waals surface area (Å²) < 4.78 is 18.9. The molecule has 0 aliphatic rings. The minimum atomic E-state index is -0.393. The van der Waals surface area contributed by atoms with Gasteiger partial charge in [0.15, 0.2) is 5.43 Å². The van der Waals surface area contributed by atoms with Crippen molar-refractivity contribution in [1.82, 2.24) is 9.80 Å². The summed E-state index contributed by atoms with van der Waals surface area (Å²) in [6.45, 7) is 3.71. The van der Waals surface area contributed by atoms with E-state index in [-0.39, 0.29) is 55.7 Å². The number of hydrogen-bond donors (Lipinski definition) is 0. The largest absolute Gasteiger partial charge is 0.464 e. The number of halogens is 2. The fourth-order valence-corrected chi connectivity index (χ4v) is 3.55. The second kappa shape index (κ2) is 11.4. The molecule has 0 aliphatic heterocycles. The molecule has 0 unspecified atom stereocenters. The summed E-state index contributed by atoms with van der Waals surface area (Å²) in [5.41, 5.74) is 1.19. The molecule has 0 fully saturated rings. The lowest BCUT2D eigenvalue weighted by Crippen LogP contribution is -2.43. The second-order valence-corrected chi connectivity index (χ2v) is 7.84. The van der Waals surface area contributed by atoms with Crippen LogP contribution >= 0.6 is 11.6 Å². The molecule has 0 aliphatic carbocycles. The van der Waals surface area contributed by atoms with Crippen LogP contribution in [0.25, 0.3) is 11.0 Å². The molecule has 3 aromatic rings. The van der Waals surface area contributed by atoms with Crippen molar-refractivity contribution in [2.24, 2.45) is 0 Å². The molecule has 3 rings (SSSR count). The summed E-state index contributed by atoms with van der Waals surface area (Å²) in [7, 11) is 0. The summed E-state index contributed by atoms with van der Waals surface area (Å²) in [6.07, 6.45) is 2.96. The Morgan fingerprint density at radius 1 is 1.03 bits per heavy atom. The van der Waals surface area contributed by atoms with Crippen LogP contribution in [0.2, 0.25) is 0 Å². The van der Waals surface area contributed by atoms with Gasteiger partial charge in [0.1, 0.15) is 17.9 Å². The molecule has 1 aromatic heterocycles. The van der Waals surface area contributed by atoms with E-state index in [1.54, 1.807) is 36.4 Å². The Morgan fingerprint density at radius 3 is 2.45 bits per heavy atom. The number of nitrogens with zero attached hydrogens (tertiary/aromatic N) is 2. The van der Waals surface area contributed by atoms with Crippen LogP contribution in [0.4, 0.5) is 4.39 Å². The molecule has 0 spiro atoms. The van der Waals surface area contributed by atoms with Crippen LogP contribution in [-0.2, 0) is 22.7 Å². The van der Waals surface area contributed by atoms with Gasteiger partial charge in [0.05, 0.1) is 23.8 Å². The van der Waals surface area contributed by atoms with Crippen LogP contribution in [0, 0.1) is 5.82 Å². The number of hydrogen-bond acceptors (Lipinski definition) is 4. The predicted octanol–water partition coefficient (Wildman–Crippen LogP) is 4.10. The molecule has 2 amide bonds. The molecule has 172 valence electrons. The fraction of sp³-hybridized carbons (Fsp3) is 0.240. The maximum Gasteiger partial charge on any atom is 0.242 e. The molecule has 0 atom stereocenters. The first-order chi connectivity index (χ1) is 15.9. The molecule has 0 N–H and O–H groups in total. The highest BCUT2D eigenvalue weighted by Gasteiger charge is 2.22. The summed E-state index contributed by atoms with van der Waals surface area (Å²) in [5, 5.41) is 0.412. The molecule has 0 bridgehead atoms. The van der Waals surface area contributed by atoms with Crippen molar-refractivity contribution in [3.8, 4) is 0 Å². The average Bonchev–Trinajstić information content (AvgIpc) is 2.81. The first-order valence-electron chi connectivity index (χ1n) is 10.4. The van der Waals surface area contributed by atoms with Crippen molar-refractivity contribution in [2.45, 2.75) is 19.5 Å². The molecular formula is C25H24ClFN2O4. The van der Waals surface area contributed by atoms with Crippen molar-refractivity contribution in [2.75, 3.05) is 19.0 Å². The highest BCUT2D eigenvalue weighted by atomic mass is 35.5. The van der Waals surface area contributed by atoms with E-state index in [1.807, 2.05) is 0 Å². The van der Waals surface area contributed by atoms with E-state index >= 15 is 0 Å². The Bertz CT molecular complexity index is 1190. The second-order valence-electron chi connectivity index (χ2n) is 7.46. The molecular weight excluding hydrogens is 447 g/mol. The zero-order valence-corrected chi connectivity index (χ0v) is 18.8. The maximum absolute atomic E-state index is 13.4. The molecule has 0 radical (unpaired) electrons. The van der Waals surface area contributed by atoms with Crippen LogP contribution in [0.3, 0.4) is 0 Å². The summed E-state index contributed by atoms with van der Waals surface area (Å²) >= 11 is 5.69. The normalized spacial score (nSPS) is 10.7. The third kappa shape index (κ3) is 6.29. The number of para-hydroxylation sites is 1. The van der Waals surface area contributed by atoms with Crippen molar-refractivity contribution in [3.63, 3.8) is 0 Å². The maximum atomic E-state index is 13.4. The summed E-state index contributed by atoms with van der Waals surface area (Å²) in [6, 6.07) is 12.6. The minimum absolute atomic E-state index is 0.0327. The lowest BCUT2D eigenvalue weighted by atomic mass is 10.1. The predicted molar refractivity (Wildman–Crippen MR) is 125 cm³/mol. The number of rotatable bonds is 10. The Hall–Kier alpha value is -3.45. The van der Waals surface area contributed by atoms with Gasteiger partial charge in [0.2, 0.25) is 11.8 Å². The topological polar surface area (TPSA) is 70.8 Å². The van der Waals surface area contributed by atoms with Crippen molar-refractivity contribution in [1.29, 1.82) is 0 Å². The van der Waals surface area contributed by atoms with Gasteiger partial charge in [-0.15, -0.1) is 18.2 Å². The standard InChI is InChI=1S/C25H24ClFN2O4/c1-2-13-28(23(30)11-12-26)16-24(31)29(14-18-7-9-20(27)10-8-18)15-19-17-33-22-6-4-3-5-21(22)25(19)32/h2-10,17H,1,11-16H2. The zero-order chi connectivity index (χ0) is 23.8. The third-order valence-electron chi connectivity index (χ3n) is 5.09. The highest BCUT2D eigenvalue weighted by molar-refractivity contribution is 6.18. The van der Waals surface area contributed by atoms with E-state index in [4.69, 9.17) is 16.0 Å². The van der Waals surface area contributed by atoms with Gasteiger partial charge in [-0.3, -0.25) is 14.4 Å². The lowest BCUT2D eigenvalue weighted by Gasteiger charge is -2.27. The van der Waals surface area contributed by atoms with Gasteiger partial charge in [0.25, 0.3) is 0 Å². The average molecular weight is 471 g/mol. The SMILES string of the molecule is C=CCN(CC(=O)N(Cc1ccc(F)cc1)Cc1coc2ccccc2c1=O)C(=O)CCCl. The van der Waals surface area contributed by atoms with Crippen LogP contribution in [0.1, 0.15) is 17.5 Å². The zero-order valence-electron chi connectivity index (χ0n) is 18.0. The first-order valence-corrected chi connectivity index (χ1v) is 10.9. The van der Waals surface area contributed by atoms with Crippen molar-refractivity contribution in [3.05, 3.63) is 94.6 Å². The Labute approximate surface area is 195 Å². The van der Waals surface area contributed by atoms with E-state index < -0.39 is 5.82 Å². The quantitative estimate of drug-likeness (QED) is 0.330. The summed E-state index contributed by atoms with van der Waals surface area (Å²) in [4.78, 5) is 41.4. The smallest absolute Gasteiger partial charge is 0.242 e. The van der Waals surface area contributed by atoms with E-state index in [9.17, 15) is 18.8 Å². The van der Waals surface area contributed by atoms with Crippen molar-refractivity contribution < 1.29 is 18.4 Å². The van der Waals surface area contributed by atoms with E-state index in [2.05, 4.69) is 6.58 Å². The molecule has 8 heteroatoms. The highest BCUT2D eigenvalue weighted by Crippen LogP contribution is 2.15. The lowest BCUT2D eigenvalue weighted by molar-refractivity contribution is -0.140. The van der Waals surface area contributed by atoms with E-state index in [1.165, 1.54) is 34.3 Å². The number of fused-ring (bicyclic) bond motifs is 1. The van der Waals surface area contributed by atoms with Gasteiger partial charge in [-0.25, -0.2) is 4.39 Å². The van der Waals surface area contributed by atoms with Crippen LogP contribution in [0.15, 0.2) is 76.7 Å². The van der Waals surface area contributed by atoms with Gasteiger partial charge < -0.3 is 14.2 Å². The first kappa shape index (κ1) is 24.2. The molecule has 0 saturated carbocycles. The molecule has 0 saturated heterocycles. The van der Waals surface area contributed by atoms with Gasteiger partial charge in [0, 0.05) is 25.4 Å². The summed E-state index contributed by atoms with van der Waals surface area (Å²) in [5.74, 6) is -0.907. The Morgan fingerprint density at radius 2 is 1.76 bits per heavy atom. The number of carbonyl (C=O) groups is 2. The van der Waals surface area contributed by atoms with Crippen LogP contribution < -0.4 is 5.43 Å².